The molecule has 0 aliphatic heterocycles. The highest BCUT2D eigenvalue weighted by atomic mass is 31.2. The molecular weight excluding hydrogens is 526 g/mol. The van der Waals surface area contributed by atoms with E-state index in [2.05, 4.69) is 0 Å². The molecule has 0 atom stereocenters. The minimum absolute atomic E-state index is 0.174. The van der Waals surface area contributed by atoms with Crippen molar-refractivity contribution < 1.29 is 36.8 Å². The molecule has 0 fully saturated rings. The Morgan fingerprint density at radius 1 is 0.553 bits per heavy atom. The molecule has 0 bridgehead atoms. The number of hydrogen-bond donors (Lipinski definition) is 0. The maximum atomic E-state index is 14.7. The summed E-state index contributed by atoms with van der Waals surface area (Å²) in [6.45, 7) is 0. The molecular formula is C28H26O8P2. The van der Waals surface area contributed by atoms with Crippen LogP contribution >= 0.6 is 15.2 Å². The van der Waals surface area contributed by atoms with Crippen LogP contribution in [0.2, 0.25) is 0 Å². The first-order valence-electron chi connectivity index (χ1n) is 11.6. The van der Waals surface area contributed by atoms with Crippen LogP contribution in [-0.4, -0.2) is 18.5 Å². The van der Waals surface area contributed by atoms with Gasteiger partial charge in [-0.05, 0) is 48.5 Å². The highest BCUT2D eigenvalue weighted by Gasteiger charge is 2.57. The predicted octanol–water partition coefficient (Wildman–Crippen LogP) is 7.58. The van der Waals surface area contributed by atoms with E-state index in [4.69, 9.17) is 22.8 Å². The summed E-state index contributed by atoms with van der Waals surface area (Å²) in [6, 6.07) is 33.0. The van der Waals surface area contributed by atoms with Crippen molar-refractivity contribution in [1.29, 1.82) is 0 Å². The average Bonchev–Trinajstić information content (AvgIpc) is 2.93. The average molecular weight is 552 g/mol. The summed E-state index contributed by atoms with van der Waals surface area (Å²) in [6.07, 6.45) is -0.648. The fourth-order valence-corrected chi connectivity index (χ4v) is 8.34. The lowest BCUT2D eigenvalue weighted by Gasteiger charge is -2.31. The second kappa shape index (κ2) is 12.5. The van der Waals surface area contributed by atoms with E-state index < -0.39 is 33.0 Å². The number of rotatable bonds is 12. The molecule has 8 nitrogen and oxygen atoms in total. The Balaban J connectivity index is 1.87. The standard InChI is InChI=1S/C28H26O8P2/c1-32-27(29)22-28(37(30,33-23-14-6-2-7-15-23)34-24-16-8-3-9-17-24)38(31,35-25-18-10-4-11-19-25)36-26-20-12-5-13-21-26/h2-21,28H,22H2,1H3. The Labute approximate surface area is 221 Å². The smallest absolute Gasteiger partial charge is 0.448 e. The van der Waals surface area contributed by atoms with Crippen LogP contribution in [0.3, 0.4) is 0 Å². The fourth-order valence-electron chi connectivity index (χ4n) is 3.42. The van der Waals surface area contributed by atoms with Gasteiger partial charge in [-0.3, -0.25) is 4.79 Å². The van der Waals surface area contributed by atoms with Gasteiger partial charge in [0.2, 0.25) is 5.40 Å². The van der Waals surface area contributed by atoms with Crippen molar-refractivity contribution in [1.82, 2.24) is 0 Å². The monoisotopic (exact) mass is 552 g/mol. The Morgan fingerprint density at radius 2 is 0.816 bits per heavy atom. The number of carbonyl (C=O) groups excluding carboxylic acids is 1. The quantitative estimate of drug-likeness (QED) is 0.131. The van der Waals surface area contributed by atoms with Gasteiger partial charge in [0.25, 0.3) is 0 Å². The van der Waals surface area contributed by atoms with Crippen molar-refractivity contribution in [2.45, 2.75) is 11.8 Å². The number of hydrogen-bond acceptors (Lipinski definition) is 8. The van der Waals surface area contributed by atoms with Gasteiger partial charge in [-0.1, -0.05) is 72.8 Å². The van der Waals surface area contributed by atoms with Gasteiger partial charge in [0.1, 0.15) is 23.0 Å². The zero-order valence-corrected chi connectivity index (χ0v) is 22.3. The molecule has 0 heterocycles. The molecule has 4 aromatic carbocycles. The molecule has 4 aromatic rings. The van der Waals surface area contributed by atoms with E-state index >= 15 is 0 Å². The topological polar surface area (TPSA) is 97.4 Å². The molecule has 0 aromatic heterocycles. The van der Waals surface area contributed by atoms with Gasteiger partial charge < -0.3 is 22.8 Å². The molecule has 0 saturated carbocycles. The van der Waals surface area contributed by atoms with E-state index in [1.807, 2.05) is 0 Å². The zero-order valence-electron chi connectivity index (χ0n) is 20.5. The second-order valence-electron chi connectivity index (χ2n) is 7.96. The number of benzene rings is 4. The van der Waals surface area contributed by atoms with Crippen LogP contribution in [0, 0.1) is 0 Å². The molecule has 4 rings (SSSR count). The Kier molecular flexibility index (Phi) is 8.90. The van der Waals surface area contributed by atoms with Gasteiger partial charge in [-0.15, -0.1) is 0 Å². The van der Waals surface area contributed by atoms with E-state index in [1.165, 1.54) is 7.11 Å². The summed E-state index contributed by atoms with van der Waals surface area (Å²) in [5.41, 5.74) is 0. The number of esters is 1. The Hall–Kier alpha value is -3.99. The molecule has 10 heteroatoms. The molecule has 0 amide bonds. The summed E-state index contributed by atoms with van der Waals surface area (Å²) in [5.74, 6) is -0.113. The predicted molar refractivity (Wildman–Crippen MR) is 144 cm³/mol. The van der Waals surface area contributed by atoms with E-state index in [1.54, 1.807) is 121 Å². The first kappa shape index (κ1) is 27.1. The van der Waals surface area contributed by atoms with E-state index in [-0.39, 0.29) is 23.0 Å². The Morgan fingerprint density at radius 3 is 1.05 bits per heavy atom. The lowest BCUT2D eigenvalue weighted by molar-refractivity contribution is -0.140. The zero-order chi connectivity index (χ0) is 26.8. The Bertz CT molecular complexity index is 1210. The first-order valence-corrected chi connectivity index (χ1v) is 14.9. The minimum atomic E-state index is -4.55. The van der Waals surface area contributed by atoms with E-state index in [0.717, 1.165) is 0 Å². The number of para-hydroxylation sites is 4. The molecule has 0 spiro atoms. The number of carbonyl (C=O) groups is 1. The van der Waals surface area contributed by atoms with E-state index in [0.29, 0.717) is 0 Å². The van der Waals surface area contributed by atoms with Crippen LogP contribution in [0.4, 0.5) is 0 Å². The van der Waals surface area contributed by atoms with Crippen molar-refractivity contribution in [3.8, 4) is 23.0 Å². The maximum Gasteiger partial charge on any atom is 0.448 e. The van der Waals surface area contributed by atoms with Gasteiger partial charge in [-0.25, -0.2) is 9.13 Å². The van der Waals surface area contributed by atoms with Crippen LogP contribution in [-0.2, 0) is 18.7 Å². The highest BCUT2D eigenvalue weighted by molar-refractivity contribution is 7.73. The molecule has 0 radical (unpaired) electrons. The van der Waals surface area contributed by atoms with Crippen molar-refractivity contribution in [3.63, 3.8) is 0 Å². The van der Waals surface area contributed by atoms with Crippen molar-refractivity contribution >= 4 is 21.2 Å². The molecule has 38 heavy (non-hydrogen) atoms. The van der Waals surface area contributed by atoms with Crippen LogP contribution < -0.4 is 18.1 Å². The first-order chi connectivity index (χ1) is 18.4. The molecule has 0 saturated heterocycles. The lowest BCUT2D eigenvalue weighted by Crippen LogP contribution is -2.26. The second-order valence-corrected chi connectivity index (χ2v) is 12.5. The molecule has 0 aliphatic rings. The van der Waals surface area contributed by atoms with Crippen molar-refractivity contribution in [2.24, 2.45) is 0 Å². The molecule has 0 N–H and O–H groups in total. The largest absolute Gasteiger partial charge is 0.469 e. The summed E-state index contributed by atoms with van der Waals surface area (Å²) in [4.78, 5) is 12.6. The van der Waals surface area contributed by atoms with Gasteiger partial charge in [0.05, 0.1) is 13.5 Å². The summed E-state index contributed by atoms with van der Waals surface area (Å²) >= 11 is 0. The van der Waals surface area contributed by atoms with Gasteiger partial charge in [-0.2, -0.15) is 0 Å². The number of methoxy groups -OCH3 is 1. The highest BCUT2D eigenvalue weighted by Crippen LogP contribution is 2.70. The van der Waals surface area contributed by atoms with Gasteiger partial charge in [0, 0.05) is 0 Å². The van der Waals surface area contributed by atoms with Crippen molar-refractivity contribution in [3.05, 3.63) is 121 Å². The van der Waals surface area contributed by atoms with Crippen molar-refractivity contribution in [2.75, 3.05) is 7.11 Å². The van der Waals surface area contributed by atoms with Crippen LogP contribution in [0.5, 0.6) is 23.0 Å². The third-order valence-corrected chi connectivity index (χ3v) is 10.6. The summed E-state index contributed by atoms with van der Waals surface area (Å²) in [7, 11) is -7.93. The van der Waals surface area contributed by atoms with Crippen LogP contribution in [0.1, 0.15) is 6.42 Å². The van der Waals surface area contributed by atoms with Gasteiger partial charge >= 0.3 is 21.2 Å². The normalized spacial score (nSPS) is 11.4. The van der Waals surface area contributed by atoms with Gasteiger partial charge in [0.15, 0.2) is 0 Å². The number of ether oxygens (including phenoxy) is 1. The molecule has 0 unspecified atom stereocenters. The lowest BCUT2D eigenvalue weighted by atomic mass is 10.3. The summed E-state index contributed by atoms with van der Waals surface area (Å²) in [5, 5.41) is -1.72. The maximum absolute atomic E-state index is 14.7. The SMILES string of the molecule is COC(=O)CC(P(=O)(Oc1ccccc1)Oc1ccccc1)P(=O)(Oc1ccccc1)Oc1ccccc1. The fraction of sp³-hybridized carbons (Fsp3) is 0.107. The molecule has 0 aliphatic carbocycles. The van der Waals surface area contributed by atoms with Crippen LogP contribution in [0.25, 0.3) is 0 Å². The third kappa shape index (κ3) is 7.06. The third-order valence-electron chi connectivity index (χ3n) is 5.21. The minimum Gasteiger partial charge on any atom is -0.469 e. The van der Waals surface area contributed by atoms with E-state index in [9.17, 15) is 13.9 Å². The summed E-state index contributed by atoms with van der Waals surface area (Å²) < 4.78 is 58.1. The molecule has 196 valence electrons. The van der Waals surface area contributed by atoms with Crippen LogP contribution in [0.15, 0.2) is 121 Å².